The summed E-state index contributed by atoms with van der Waals surface area (Å²) >= 11 is 0. The molecule has 0 aliphatic heterocycles. The molecule has 7 unspecified atom stereocenters. The third kappa shape index (κ3) is 69.9. The number of hydrogen-bond acceptors (Lipinski definition) is 14. The van der Waals surface area contributed by atoms with E-state index in [9.17, 15) is 62.3 Å². The van der Waals surface area contributed by atoms with Gasteiger partial charge in [0.15, 0.2) is 0 Å². The number of nitrogens with one attached hydrogen (secondary N) is 12. The summed E-state index contributed by atoms with van der Waals surface area (Å²) < 4.78 is 0. The van der Waals surface area contributed by atoms with Gasteiger partial charge < -0.3 is 115 Å². The zero-order chi connectivity index (χ0) is 91.5. The van der Waals surface area contributed by atoms with Crippen molar-refractivity contribution in [1.82, 2.24) is 63.8 Å². The molecule has 0 spiro atoms. The molecule has 0 saturated heterocycles. The van der Waals surface area contributed by atoms with Crippen molar-refractivity contribution in [2.75, 3.05) is 85.1 Å². The molecule has 0 aromatic carbocycles. The fourth-order valence-corrected chi connectivity index (χ4v) is 14.7. The van der Waals surface area contributed by atoms with Crippen molar-refractivity contribution in [3.63, 3.8) is 0 Å². The van der Waals surface area contributed by atoms with Gasteiger partial charge in [-0.15, -0.1) is 0 Å². The van der Waals surface area contributed by atoms with Crippen molar-refractivity contribution in [3.05, 3.63) is 0 Å². The Bertz CT molecular complexity index is 2800. The lowest BCUT2D eigenvalue weighted by Crippen LogP contribution is -2.50. The summed E-state index contributed by atoms with van der Waals surface area (Å²) in [6.45, 7) is 8.36. The Morgan fingerprint density at radius 1 is 0.185 bits per heavy atom. The summed E-state index contributed by atoms with van der Waals surface area (Å²) in [5.41, 5.74) is 38.7. The molecule has 34 nitrogen and oxygen atoms in total. The molecule has 0 aromatic heterocycles. The molecule has 13 amide bonds. The van der Waals surface area contributed by atoms with Gasteiger partial charge in [-0.25, -0.2) is 0 Å². The molecule has 0 saturated carbocycles. The maximum absolute atomic E-state index is 13.4. The molecule has 720 valence electrons. The third-order valence-electron chi connectivity index (χ3n) is 22.5. The Hall–Kier alpha value is -7.21. The molecule has 7 atom stereocenters. The molecule has 0 fully saturated rings. The SMILES string of the molecule is NC(=O)C(CCCC[NH3+])NC(=O)CCCCCCCNC(=O)C(CCCC[NH3+])NC(=O)CCCCCCCNC(=O)C(CCCC[NH3+])NC(=O)CCCCCCCNC(=O)C(CCCC[NH3+])NC(=O)CCCCCCCNC(=O)C(CCCC[NH3+])NC(=O)CCCCCCCNC(=O)C(CCCC[NH3+])NC(=O)CCCCCCCNC(=O)C(N)CCCC[NH3+]. The van der Waals surface area contributed by atoms with E-state index in [1.165, 1.54) is 0 Å². The highest BCUT2D eigenvalue weighted by Crippen LogP contribution is 2.16. The van der Waals surface area contributed by atoms with Crippen molar-refractivity contribution < 1.29 is 102 Å². The molecule has 124 heavy (non-hydrogen) atoms. The van der Waals surface area contributed by atoms with Crippen molar-refractivity contribution in [2.45, 2.75) is 408 Å². The molecule has 0 bridgehead atoms. The van der Waals surface area contributed by atoms with Gasteiger partial charge in [-0.05, 0) is 212 Å². The minimum Gasteiger partial charge on any atom is -0.368 e. The van der Waals surface area contributed by atoms with Crippen LogP contribution in [0.25, 0.3) is 0 Å². The highest BCUT2D eigenvalue weighted by Gasteiger charge is 2.27. The summed E-state index contributed by atoms with van der Waals surface area (Å²) in [4.78, 5) is 168. The van der Waals surface area contributed by atoms with Crippen LogP contribution in [0, 0.1) is 0 Å². The van der Waals surface area contributed by atoms with Crippen LogP contribution in [0.3, 0.4) is 0 Å². The maximum Gasteiger partial charge on any atom is 0.242 e. The molecule has 0 rings (SSSR count). The Balaban J connectivity index is 4.62. The Labute approximate surface area is 744 Å². The molecule has 0 aromatic rings. The molecular weight excluding hydrogens is 1580 g/mol. The molecule has 0 heterocycles. The van der Waals surface area contributed by atoms with Gasteiger partial charge in [0.05, 0.1) is 51.9 Å². The number of carbonyl (C=O) groups is 13. The Kier molecular flexibility index (Phi) is 79.1. The van der Waals surface area contributed by atoms with Gasteiger partial charge in [-0.2, -0.15) is 0 Å². The largest absolute Gasteiger partial charge is 0.368 e. The van der Waals surface area contributed by atoms with Crippen LogP contribution in [0.2, 0.25) is 0 Å². The molecule has 0 radical (unpaired) electrons. The van der Waals surface area contributed by atoms with E-state index in [0.29, 0.717) is 155 Å². The van der Waals surface area contributed by atoms with Crippen LogP contribution in [-0.4, -0.2) is 204 Å². The number of nitrogens with two attached hydrogens (primary N) is 2. The van der Waals surface area contributed by atoms with Gasteiger partial charge >= 0.3 is 0 Å². The monoisotopic (exact) mass is 1770 g/mol. The van der Waals surface area contributed by atoms with Gasteiger partial charge in [0, 0.05) is 77.8 Å². The minimum absolute atomic E-state index is 0.106. The quantitative estimate of drug-likeness (QED) is 0.0365. The second-order valence-electron chi connectivity index (χ2n) is 34.0. The summed E-state index contributed by atoms with van der Waals surface area (Å²) in [7, 11) is 0. The average molecular weight is 1770 g/mol. The Morgan fingerprint density at radius 3 is 0.524 bits per heavy atom. The number of hydrogen-bond donors (Lipinski definition) is 21. The first kappa shape index (κ1) is 117. The van der Waals surface area contributed by atoms with Crippen LogP contribution < -0.4 is 115 Å². The lowest BCUT2D eigenvalue weighted by Gasteiger charge is -2.19. The van der Waals surface area contributed by atoms with Crippen LogP contribution in [0.4, 0.5) is 0 Å². The number of unbranched alkanes of at least 4 members (excludes halogenated alkanes) is 31. The van der Waals surface area contributed by atoms with E-state index in [4.69, 9.17) is 11.5 Å². The molecule has 0 aliphatic carbocycles. The topological polar surface area (TPSA) is 612 Å². The minimum atomic E-state index is -0.651. The van der Waals surface area contributed by atoms with E-state index in [1.54, 1.807) is 0 Å². The first-order chi connectivity index (χ1) is 60.1. The third-order valence-corrected chi connectivity index (χ3v) is 22.5. The highest BCUT2D eigenvalue weighted by molar-refractivity contribution is 5.91. The van der Waals surface area contributed by atoms with Crippen LogP contribution in [0.5, 0.6) is 0 Å². The number of primary amides is 1. The summed E-state index contributed by atoms with van der Waals surface area (Å²) in [5, 5.41) is 35.6. The van der Waals surface area contributed by atoms with Crippen LogP contribution in [0.1, 0.15) is 366 Å². The summed E-state index contributed by atoms with van der Waals surface area (Å²) in [5.74, 6) is -2.48. The van der Waals surface area contributed by atoms with Crippen molar-refractivity contribution >= 4 is 76.8 Å². The van der Waals surface area contributed by atoms with Crippen molar-refractivity contribution in [3.8, 4) is 0 Å². The number of rotatable bonds is 89. The zero-order valence-corrected chi connectivity index (χ0v) is 77.5. The van der Waals surface area contributed by atoms with E-state index >= 15 is 0 Å². The molecule has 37 N–H and O–H groups in total. The fourth-order valence-electron chi connectivity index (χ4n) is 14.7. The smallest absolute Gasteiger partial charge is 0.242 e. The molecular formula is C90H184N21O13+7. The van der Waals surface area contributed by atoms with Gasteiger partial charge in [0.25, 0.3) is 0 Å². The van der Waals surface area contributed by atoms with Crippen molar-refractivity contribution in [1.29, 1.82) is 0 Å². The van der Waals surface area contributed by atoms with Crippen LogP contribution in [0.15, 0.2) is 0 Å². The zero-order valence-electron chi connectivity index (χ0n) is 77.5. The molecule has 0 aliphatic rings. The maximum atomic E-state index is 13.4. The van der Waals surface area contributed by atoms with Gasteiger partial charge in [-0.3, -0.25) is 62.3 Å². The lowest BCUT2D eigenvalue weighted by atomic mass is 10.1. The van der Waals surface area contributed by atoms with E-state index in [2.05, 4.69) is 104 Å². The van der Waals surface area contributed by atoms with Crippen LogP contribution in [-0.2, 0) is 62.3 Å². The van der Waals surface area contributed by atoms with E-state index in [1.807, 2.05) is 0 Å². The van der Waals surface area contributed by atoms with Gasteiger partial charge in [-0.1, -0.05) is 116 Å². The number of quaternary nitrogens is 7. The van der Waals surface area contributed by atoms with E-state index in [-0.39, 0.29) is 70.9 Å². The summed E-state index contributed by atoms with van der Waals surface area (Å²) in [6, 6.07) is -4.21. The normalized spacial score (nSPS) is 12.9. The number of carbonyl (C=O) groups excluding carboxylic acids is 13. The van der Waals surface area contributed by atoms with Gasteiger partial charge in [0.1, 0.15) is 36.3 Å². The second-order valence-corrected chi connectivity index (χ2v) is 34.0. The standard InChI is InChI=1S/C90H177N21O13/c91-58-32-25-45-71(98)85(119)100-65-39-13-1-8-20-53-79(113)107-73(47-27-34-60-93)87(121)102-67-41-15-3-10-22-55-81(115)109-75(49-29-36-62-95)89(123)104-69-43-17-5-12-24-57-83(117)111-77(51-31-38-64-97)90(124)105-70-44-18-6-11-23-56-82(116)110-76(50-30-37-63-96)88(122)103-68-42-16-4-9-21-54-80(114)108-74(48-28-35-61-94)86(120)101-66-40-14-2-7-19-52-78(112)106-72(84(99)118)46-26-33-59-92/h71-77H,1-70,91-98H2,(H2,99,118)(H,100,119)(H,101,120)(H,102,121)(H,103,122)(H,104,123)(H,105,124)(H,106,112)(H,107,113)(H,108,114)(H,109,115)(H,110,116)(H,111,117)/p+7. The lowest BCUT2D eigenvalue weighted by molar-refractivity contribution is -0.368. The average Bonchev–Trinajstić information content (AvgIpc) is 0.931. The van der Waals surface area contributed by atoms with Crippen molar-refractivity contribution in [2.24, 2.45) is 11.5 Å². The molecule has 34 heteroatoms. The summed E-state index contributed by atoms with van der Waals surface area (Å²) in [6.07, 6.45) is 42.0. The highest BCUT2D eigenvalue weighted by atomic mass is 16.2. The predicted molar refractivity (Wildman–Crippen MR) is 484 cm³/mol. The van der Waals surface area contributed by atoms with Gasteiger partial charge in [0.2, 0.25) is 76.8 Å². The second kappa shape index (κ2) is 84.0. The number of amides is 13. The Morgan fingerprint density at radius 2 is 0.339 bits per heavy atom. The van der Waals surface area contributed by atoms with E-state index in [0.717, 1.165) is 296 Å². The first-order valence-corrected chi connectivity index (χ1v) is 49.1. The fraction of sp³-hybridized carbons (Fsp3) is 0.856. The van der Waals surface area contributed by atoms with Crippen LogP contribution >= 0.6 is 0 Å². The van der Waals surface area contributed by atoms with E-state index < -0.39 is 48.2 Å². The first-order valence-electron chi connectivity index (χ1n) is 49.1. The predicted octanol–water partition coefficient (Wildman–Crippen LogP) is 0.334.